The maximum absolute atomic E-state index is 9.55. The van der Waals surface area contributed by atoms with Crippen LogP contribution in [0.5, 0.6) is 0 Å². The standard InChI is InChI=1S/C46H26N6/c47-27-31-9-17-35(18-10-31)51(36-19-11-32(28-48)12-20-36)45-26-44-40-6-2-4-8-42(40)46(25-43(44)39-5-1-3-7-41(39)45)52(37-21-13-33(29-49)14-22-37)38-23-15-34(30-50)16-24-38/h1-26H. The summed E-state index contributed by atoms with van der Waals surface area (Å²) in [5.74, 6) is 0. The Labute approximate surface area is 300 Å². The molecule has 0 bridgehead atoms. The highest BCUT2D eigenvalue weighted by Gasteiger charge is 2.22. The molecule has 0 spiro atoms. The highest BCUT2D eigenvalue weighted by molar-refractivity contribution is 6.24. The van der Waals surface area contributed by atoms with Gasteiger partial charge >= 0.3 is 0 Å². The maximum atomic E-state index is 9.55. The number of benzene rings is 8. The van der Waals surface area contributed by atoms with Crippen LogP contribution in [0.25, 0.3) is 32.3 Å². The van der Waals surface area contributed by atoms with Gasteiger partial charge < -0.3 is 9.80 Å². The van der Waals surface area contributed by atoms with E-state index in [2.05, 4.69) is 70.5 Å². The van der Waals surface area contributed by atoms with Gasteiger partial charge in [-0.25, -0.2) is 0 Å². The van der Waals surface area contributed by atoms with E-state index in [1.807, 2.05) is 121 Å². The summed E-state index contributed by atoms with van der Waals surface area (Å²) < 4.78 is 0. The van der Waals surface area contributed by atoms with Gasteiger partial charge in [0.15, 0.2) is 0 Å². The van der Waals surface area contributed by atoms with Crippen molar-refractivity contribution in [3.63, 3.8) is 0 Å². The van der Waals surface area contributed by atoms with Gasteiger partial charge in [-0.2, -0.15) is 21.0 Å². The first-order valence-electron chi connectivity index (χ1n) is 16.6. The minimum atomic E-state index is 0.569. The van der Waals surface area contributed by atoms with E-state index in [1.165, 1.54) is 0 Å². The topological polar surface area (TPSA) is 102 Å². The van der Waals surface area contributed by atoms with E-state index in [1.54, 1.807) is 0 Å². The third kappa shape index (κ3) is 5.46. The van der Waals surface area contributed by atoms with E-state index in [4.69, 9.17) is 0 Å². The van der Waals surface area contributed by atoms with Crippen LogP contribution in [0.3, 0.4) is 0 Å². The molecule has 0 atom stereocenters. The van der Waals surface area contributed by atoms with E-state index < -0.39 is 0 Å². The van der Waals surface area contributed by atoms with E-state index in [0.29, 0.717) is 22.3 Å². The highest BCUT2D eigenvalue weighted by Crippen LogP contribution is 2.47. The van der Waals surface area contributed by atoms with Gasteiger partial charge in [0.25, 0.3) is 0 Å². The third-order valence-corrected chi connectivity index (χ3v) is 9.34. The number of fused-ring (bicyclic) bond motifs is 5. The number of anilines is 6. The minimum Gasteiger partial charge on any atom is -0.310 e. The lowest BCUT2D eigenvalue weighted by atomic mass is 9.93. The summed E-state index contributed by atoms with van der Waals surface area (Å²) in [4.78, 5) is 4.35. The maximum Gasteiger partial charge on any atom is 0.0991 e. The molecular formula is C46H26N6. The van der Waals surface area contributed by atoms with Crippen molar-refractivity contribution in [3.05, 3.63) is 180 Å². The zero-order chi connectivity index (χ0) is 35.6. The smallest absolute Gasteiger partial charge is 0.0991 e. The molecule has 0 aliphatic rings. The summed E-state index contributed by atoms with van der Waals surface area (Å²) in [5.41, 5.74) is 7.68. The molecule has 0 saturated carbocycles. The number of hydrogen-bond acceptors (Lipinski definition) is 6. The second-order valence-electron chi connectivity index (χ2n) is 12.3. The summed E-state index contributed by atoms with van der Waals surface area (Å²) in [6.07, 6.45) is 0. The molecule has 8 aromatic rings. The van der Waals surface area contributed by atoms with E-state index in [-0.39, 0.29) is 0 Å². The highest BCUT2D eigenvalue weighted by atomic mass is 15.1. The van der Waals surface area contributed by atoms with E-state index in [9.17, 15) is 21.0 Å². The zero-order valence-corrected chi connectivity index (χ0v) is 27.7. The van der Waals surface area contributed by atoms with Gasteiger partial charge in [-0.3, -0.25) is 0 Å². The molecule has 0 saturated heterocycles. The molecule has 0 aliphatic carbocycles. The lowest BCUT2D eigenvalue weighted by Gasteiger charge is -2.30. The van der Waals surface area contributed by atoms with Crippen LogP contribution < -0.4 is 9.80 Å². The lowest BCUT2D eigenvalue weighted by Crippen LogP contribution is -2.12. The number of nitrogens with zero attached hydrogens (tertiary/aromatic N) is 6. The summed E-state index contributed by atoms with van der Waals surface area (Å²) >= 11 is 0. The Hall–Kier alpha value is -7.90. The van der Waals surface area contributed by atoms with Crippen molar-refractivity contribution in [2.45, 2.75) is 0 Å². The molecule has 0 heterocycles. The first-order valence-corrected chi connectivity index (χ1v) is 16.6. The Morgan fingerprint density at radius 3 is 0.788 bits per heavy atom. The van der Waals surface area contributed by atoms with E-state index >= 15 is 0 Å². The predicted octanol–water partition coefficient (Wildman–Crippen LogP) is 11.6. The Bertz CT molecular complexity index is 2500. The Morgan fingerprint density at radius 1 is 0.288 bits per heavy atom. The molecule has 6 heteroatoms. The Balaban J connectivity index is 1.44. The fraction of sp³-hybridized carbons (Fsp3) is 0. The first kappa shape index (κ1) is 31.4. The molecule has 52 heavy (non-hydrogen) atoms. The number of nitriles is 4. The quantitative estimate of drug-likeness (QED) is 0.164. The van der Waals surface area contributed by atoms with Crippen LogP contribution in [0.15, 0.2) is 158 Å². The third-order valence-electron chi connectivity index (χ3n) is 9.34. The van der Waals surface area contributed by atoms with Gasteiger partial charge in [0.1, 0.15) is 0 Å². The van der Waals surface area contributed by atoms with Crippen LogP contribution in [0.2, 0.25) is 0 Å². The minimum absolute atomic E-state index is 0.569. The van der Waals surface area contributed by atoms with Crippen molar-refractivity contribution in [1.29, 1.82) is 21.0 Å². The summed E-state index contributed by atoms with van der Waals surface area (Å²) in [6.45, 7) is 0. The van der Waals surface area contributed by atoms with Crippen LogP contribution >= 0.6 is 0 Å². The van der Waals surface area contributed by atoms with Crippen LogP contribution in [0, 0.1) is 45.3 Å². The monoisotopic (exact) mass is 662 g/mol. The summed E-state index contributed by atoms with van der Waals surface area (Å²) in [5, 5.41) is 44.5. The van der Waals surface area contributed by atoms with Crippen molar-refractivity contribution in [3.8, 4) is 24.3 Å². The summed E-state index contributed by atoms with van der Waals surface area (Å²) in [6, 6.07) is 60.2. The van der Waals surface area contributed by atoms with Crippen LogP contribution in [0.4, 0.5) is 34.1 Å². The van der Waals surface area contributed by atoms with Crippen LogP contribution in [-0.4, -0.2) is 0 Å². The predicted molar refractivity (Wildman–Crippen MR) is 207 cm³/mol. The second-order valence-corrected chi connectivity index (χ2v) is 12.3. The summed E-state index contributed by atoms with van der Waals surface area (Å²) in [7, 11) is 0. The van der Waals surface area contributed by atoms with Crippen LogP contribution in [-0.2, 0) is 0 Å². The molecule has 0 amide bonds. The SMILES string of the molecule is N#Cc1ccc(N(c2ccc(C#N)cc2)c2cc3c4ccccc4c(N(c4ccc(C#N)cc4)c4ccc(C#N)cc4)cc3c3ccccc23)cc1. The number of rotatable bonds is 6. The normalized spacial score (nSPS) is 10.6. The van der Waals surface area contributed by atoms with Gasteiger partial charge in [0.2, 0.25) is 0 Å². The van der Waals surface area contributed by atoms with Crippen molar-refractivity contribution in [2.24, 2.45) is 0 Å². The van der Waals surface area contributed by atoms with E-state index in [0.717, 1.165) is 66.4 Å². The van der Waals surface area contributed by atoms with Crippen molar-refractivity contribution < 1.29 is 0 Å². The van der Waals surface area contributed by atoms with Gasteiger partial charge in [-0.15, -0.1) is 0 Å². The van der Waals surface area contributed by atoms with Gasteiger partial charge in [0.05, 0.1) is 57.9 Å². The molecule has 8 aromatic carbocycles. The molecule has 0 aromatic heterocycles. The fourth-order valence-electron chi connectivity index (χ4n) is 6.88. The first-order chi connectivity index (χ1) is 25.6. The molecule has 0 unspecified atom stereocenters. The fourth-order valence-corrected chi connectivity index (χ4v) is 6.88. The number of hydrogen-bond donors (Lipinski definition) is 0. The van der Waals surface area contributed by atoms with Gasteiger partial charge in [-0.05, 0) is 131 Å². The zero-order valence-electron chi connectivity index (χ0n) is 27.7. The Kier molecular flexibility index (Phi) is 7.96. The average molecular weight is 663 g/mol. The molecule has 0 fully saturated rings. The molecular weight excluding hydrogens is 637 g/mol. The average Bonchev–Trinajstić information content (AvgIpc) is 3.22. The molecule has 6 nitrogen and oxygen atoms in total. The molecule has 0 N–H and O–H groups in total. The van der Waals surface area contributed by atoms with Gasteiger partial charge in [0, 0.05) is 33.5 Å². The second kappa shape index (κ2) is 13.2. The Morgan fingerprint density at radius 2 is 0.538 bits per heavy atom. The molecule has 0 radical (unpaired) electrons. The molecule has 8 rings (SSSR count). The van der Waals surface area contributed by atoms with Gasteiger partial charge in [-0.1, -0.05) is 48.5 Å². The molecule has 240 valence electrons. The molecule has 0 aliphatic heterocycles. The van der Waals surface area contributed by atoms with Crippen molar-refractivity contribution >= 4 is 66.4 Å². The van der Waals surface area contributed by atoms with Crippen molar-refractivity contribution in [2.75, 3.05) is 9.80 Å². The lowest BCUT2D eigenvalue weighted by molar-refractivity contribution is 1.29. The van der Waals surface area contributed by atoms with Crippen LogP contribution in [0.1, 0.15) is 22.3 Å². The largest absolute Gasteiger partial charge is 0.310 e. The van der Waals surface area contributed by atoms with Crippen molar-refractivity contribution in [1.82, 2.24) is 0 Å².